The lowest BCUT2D eigenvalue weighted by Gasteiger charge is -2.10. The Kier molecular flexibility index (Phi) is 7.87. The minimum Gasteiger partial charge on any atom is -0.208 e. The minimum atomic E-state index is 0.649. The molecule has 0 saturated heterocycles. The topological polar surface area (TPSA) is 38.7 Å². The quantitative estimate of drug-likeness (QED) is 0.170. The van der Waals surface area contributed by atoms with Gasteiger partial charge in [0.1, 0.15) is 0 Å². The highest BCUT2D eigenvalue weighted by molar-refractivity contribution is 7.27. The number of thiophene rings is 2. The van der Waals surface area contributed by atoms with E-state index >= 15 is 0 Å². The Morgan fingerprint density at radius 2 is 0.821 bits per heavy atom. The third-order valence-corrected chi connectivity index (χ3v) is 12.9. The Bertz CT molecular complexity index is 3240. The van der Waals surface area contributed by atoms with Crippen molar-refractivity contribution < 1.29 is 0 Å². The fourth-order valence-electron chi connectivity index (χ4n) is 7.89. The maximum atomic E-state index is 5.22. The summed E-state index contributed by atoms with van der Waals surface area (Å²) < 4.78 is 5.02. The van der Waals surface area contributed by atoms with Crippen molar-refractivity contribution in [2.45, 2.75) is 0 Å². The molecule has 8 aromatic carbocycles. The van der Waals surface area contributed by atoms with Crippen LogP contribution in [-0.2, 0) is 0 Å². The molecule has 0 amide bonds. The lowest BCUT2D eigenvalue weighted by atomic mass is 9.94. The molecular formula is C51H31N3S2. The largest absolute Gasteiger partial charge is 0.208 e. The van der Waals surface area contributed by atoms with Crippen molar-refractivity contribution in [2.75, 3.05) is 0 Å². The van der Waals surface area contributed by atoms with Gasteiger partial charge in [-0.05, 0) is 63.7 Å². The van der Waals surface area contributed by atoms with Crippen molar-refractivity contribution in [3.05, 3.63) is 188 Å². The van der Waals surface area contributed by atoms with Crippen molar-refractivity contribution in [3.8, 4) is 67.5 Å². The molecule has 0 aliphatic rings. The van der Waals surface area contributed by atoms with Gasteiger partial charge in [0, 0.05) is 57.0 Å². The number of benzene rings is 8. The van der Waals surface area contributed by atoms with Crippen LogP contribution in [0.1, 0.15) is 0 Å². The molecule has 56 heavy (non-hydrogen) atoms. The summed E-state index contributed by atoms with van der Waals surface area (Å²) in [6, 6.07) is 66.7. The van der Waals surface area contributed by atoms with Crippen LogP contribution in [0, 0.1) is 0 Å². The van der Waals surface area contributed by atoms with Crippen molar-refractivity contribution >= 4 is 63.0 Å². The molecule has 11 rings (SSSR count). The van der Waals surface area contributed by atoms with E-state index in [1.807, 2.05) is 46.9 Å². The number of nitrogens with zero attached hydrogens (tertiary/aromatic N) is 3. The van der Waals surface area contributed by atoms with Crippen LogP contribution in [0.25, 0.3) is 108 Å². The molecule has 3 aromatic heterocycles. The zero-order valence-corrected chi connectivity index (χ0v) is 31.7. The Morgan fingerprint density at radius 3 is 1.57 bits per heavy atom. The highest BCUT2D eigenvalue weighted by Gasteiger charge is 2.20. The second-order valence-corrected chi connectivity index (χ2v) is 16.1. The molecule has 262 valence electrons. The van der Waals surface area contributed by atoms with Crippen LogP contribution in [0.4, 0.5) is 0 Å². The van der Waals surface area contributed by atoms with Gasteiger partial charge < -0.3 is 0 Å². The summed E-state index contributed by atoms with van der Waals surface area (Å²) in [5.41, 5.74) is 10.1. The molecule has 0 radical (unpaired) electrons. The van der Waals surface area contributed by atoms with Gasteiger partial charge >= 0.3 is 0 Å². The predicted octanol–water partition coefficient (Wildman–Crippen LogP) is 14.6. The molecule has 0 spiro atoms. The van der Waals surface area contributed by atoms with Gasteiger partial charge in [0.25, 0.3) is 0 Å². The Hall–Kier alpha value is -6.79. The number of aromatic nitrogens is 3. The van der Waals surface area contributed by atoms with E-state index in [4.69, 9.17) is 15.0 Å². The van der Waals surface area contributed by atoms with Crippen LogP contribution in [0.2, 0.25) is 0 Å². The van der Waals surface area contributed by atoms with Gasteiger partial charge in [0.15, 0.2) is 17.5 Å². The van der Waals surface area contributed by atoms with Crippen LogP contribution in [-0.4, -0.2) is 15.0 Å². The van der Waals surface area contributed by atoms with Gasteiger partial charge in [-0.15, -0.1) is 22.7 Å². The molecule has 3 nitrogen and oxygen atoms in total. The number of hydrogen-bond acceptors (Lipinski definition) is 5. The van der Waals surface area contributed by atoms with Crippen molar-refractivity contribution in [1.29, 1.82) is 0 Å². The minimum absolute atomic E-state index is 0.649. The highest BCUT2D eigenvalue weighted by atomic mass is 32.1. The standard InChI is InChI=1S/C51H31N3S2/c1-4-15-32(16-5-1)35-21-12-22-36(29-35)50-52-49(34-19-8-3-9-20-34)53-51(54-50)42-27-14-26-40-39-25-13-24-38(47(39)56-48(40)42)37-30-43(33-17-6-2-7-18-33)46-41-23-10-11-28-44(41)55-45(46)31-37/h1-31H. The average molecular weight is 750 g/mol. The van der Waals surface area contributed by atoms with Gasteiger partial charge in [-0.3, -0.25) is 0 Å². The molecule has 0 unspecified atom stereocenters. The summed E-state index contributed by atoms with van der Waals surface area (Å²) in [5.74, 6) is 1.96. The maximum absolute atomic E-state index is 5.22. The van der Waals surface area contributed by atoms with E-state index in [2.05, 4.69) is 164 Å². The SMILES string of the molecule is c1ccc(-c2cccc(-c3nc(-c4ccccc4)nc(-c4cccc5c4sc4c(-c6cc(-c7ccccc7)c7c(c6)sc6ccccc67)cccc45)n3)c2)cc1. The van der Waals surface area contributed by atoms with E-state index in [0.717, 1.165) is 32.5 Å². The number of rotatable bonds is 6. The summed E-state index contributed by atoms with van der Waals surface area (Å²) >= 11 is 3.69. The lowest BCUT2D eigenvalue weighted by molar-refractivity contribution is 1.08. The third-order valence-electron chi connectivity index (χ3n) is 10.5. The van der Waals surface area contributed by atoms with Gasteiger partial charge in [0.05, 0.1) is 0 Å². The van der Waals surface area contributed by atoms with E-state index in [0.29, 0.717) is 17.5 Å². The van der Waals surface area contributed by atoms with E-state index in [1.165, 1.54) is 57.9 Å². The monoisotopic (exact) mass is 749 g/mol. The van der Waals surface area contributed by atoms with Gasteiger partial charge in [0.2, 0.25) is 0 Å². The summed E-state index contributed by atoms with van der Waals surface area (Å²) in [4.78, 5) is 15.5. The Labute approximate surface area is 331 Å². The van der Waals surface area contributed by atoms with Crippen molar-refractivity contribution in [2.24, 2.45) is 0 Å². The molecule has 11 aromatic rings. The maximum Gasteiger partial charge on any atom is 0.165 e. The Balaban J connectivity index is 1.11. The van der Waals surface area contributed by atoms with Crippen molar-refractivity contribution in [3.63, 3.8) is 0 Å². The summed E-state index contributed by atoms with van der Waals surface area (Å²) in [6.45, 7) is 0. The second kappa shape index (κ2) is 13.5. The number of fused-ring (bicyclic) bond motifs is 6. The normalized spacial score (nSPS) is 11.6. The summed E-state index contributed by atoms with van der Waals surface area (Å²) in [7, 11) is 0. The molecule has 0 saturated carbocycles. The molecular weight excluding hydrogens is 719 g/mol. The smallest absolute Gasteiger partial charge is 0.165 e. The zero-order valence-electron chi connectivity index (χ0n) is 30.1. The molecule has 0 bridgehead atoms. The van der Waals surface area contributed by atoms with Gasteiger partial charge in [-0.2, -0.15) is 0 Å². The fourth-order valence-corrected chi connectivity index (χ4v) is 10.4. The molecule has 0 fully saturated rings. The Morgan fingerprint density at radius 1 is 0.286 bits per heavy atom. The number of hydrogen-bond donors (Lipinski definition) is 0. The molecule has 0 N–H and O–H groups in total. The van der Waals surface area contributed by atoms with E-state index in [9.17, 15) is 0 Å². The van der Waals surface area contributed by atoms with E-state index < -0.39 is 0 Å². The first-order chi connectivity index (χ1) is 27.7. The fraction of sp³-hybridized carbons (Fsp3) is 0. The molecule has 0 aliphatic carbocycles. The molecule has 3 heterocycles. The molecule has 0 aliphatic heterocycles. The highest BCUT2D eigenvalue weighted by Crippen LogP contribution is 2.47. The molecule has 0 atom stereocenters. The molecule has 5 heteroatoms. The lowest BCUT2D eigenvalue weighted by Crippen LogP contribution is -2.00. The van der Waals surface area contributed by atoms with Crippen LogP contribution < -0.4 is 0 Å². The second-order valence-electron chi connectivity index (χ2n) is 13.9. The first-order valence-corrected chi connectivity index (χ1v) is 20.3. The third kappa shape index (κ3) is 5.60. The van der Waals surface area contributed by atoms with E-state index in [1.54, 1.807) is 0 Å². The van der Waals surface area contributed by atoms with Gasteiger partial charge in [-0.1, -0.05) is 158 Å². The zero-order chi connectivity index (χ0) is 37.0. The first-order valence-electron chi connectivity index (χ1n) is 18.7. The average Bonchev–Trinajstić information content (AvgIpc) is 3.86. The predicted molar refractivity (Wildman–Crippen MR) is 238 cm³/mol. The van der Waals surface area contributed by atoms with Crippen LogP contribution in [0.15, 0.2) is 188 Å². The van der Waals surface area contributed by atoms with Crippen LogP contribution in [0.5, 0.6) is 0 Å². The van der Waals surface area contributed by atoms with Gasteiger partial charge in [-0.25, -0.2) is 15.0 Å². The summed E-state index contributed by atoms with van der Waals surface area (Å²) in [6.07, 6.45) is 0. The van der Waals surface area contributed by atoms with Crippen LogP contribution in [0.3, 0.4) is 0 Å². The van der Waals surface area contributed by atoms with Crippen LogP contribution >= 0.6 is 22.7 Å². The van der Waals surface area contributed by atoms with Crippen molar-refractivity contribution in [1.82, 2.24) is 15.0 Å². The van der Waals surface area contributed by atoms with E-state index in [-0.39, 0.29) is 0 Å². The summed E-state index contributed by atoms with van der Waals surface area (Å²) in [5, 5.41) is 5.06. The first kappa shape index (κ1) is 32.6.